The Bertz CT molecular complexity index is 806. The number of hydrogen-bond donors (Lipinski definition) is 4. The number of aromatic nitrogens is 2. The van der Waals surface area contributed by atoms with Crippen molar-refractivity contribution in [1.29, 1.82) is 0 Å². The van der Waals surface area contributed by atoms with Crippen LogP contribution in [-0.4, -0.2) is 68.8 Å². The molecule has 2 atom stereocenters. The van der Waals surface area contributed by atoms with Crippen LogP contribution in [-0.2, 0) is 14.4 Å². The van der Waals surface area contributed by atoms with Crippen molar-refractivity contribution in [1.82, 2.24) is 25.5 Å². The van der Waals surface area contributed by atoms with Gasteiger partial charge in [-0.2, -0.15) is 5.10 Å². The molecule has 1 saturated heterocycles. The number of nitrogens with one attached hydrogen (secondary N) is 3. The van der Waals surface area contributed by atoms with Gasteiger partial charge < -0.3 is 4.90 Å². The molecule has 2 heterocycles. The molecule has 31 heavy (non-hydrogen) atoms. The molecule has 3 rings (SSSR count). The molecule has 1 aromatic heterocycles. The van der Waals surface area contributed by atoms with Crippen molar-refractivity contribution >= 4 is 30.1 Å². The highest BCUT2D eigenvalue weighted by Crippen LogP contribution is 2.32. The average Bonchev–Trinajstić information content (AvgIpc) is 3.48. The quantitative estimate of drug-likeness (QED) is 0.276. The summed E-state index contributed by atoms with van der Waals surface area (Å²) in [5.74, 6) is -0.768. The molecule has 5 amide bonds. The summed E-state index contributed by atoms with van der Waals surface area (Å²) in [5.41, 5.74) is 0.760. The molecule has 11 heteroatoms. The maximum atomic E-state index is 13.3. The maximum Gasteiger partial charge on any atom is 0.327 e. The summed E-state index contributed by atoms with van der Waals surface area (Å²) >= 11 is 0. The van der Waals surface area contributed by atoms with Crippen LogP contribution in [0.3, 0.4) is 0 Å². The molecule has 0 bridgehead atoms. The number of likely N-dealkylation sites (tertiary alicyclic amines) is 1. The zero-order valence-corrected chi connectivity index (χ0v) is 17.7. The van der Waals surface area contributed by atoms with Gasteiger partial charge in [-0.1, -0.05) is 25.7 Å². The number of anilines is 1. The Balaban J connectivity index is 1.62. The van der Waals surface area contributed by atoms with Gasteiger partial charge in [-0.05, 0) is 32.1 Å². The van der Waals surface area contributed by atoms with Gasteiger partial charge in [-0.3, -0.25) is 35.3 Å². The topological polar surface area (TPSA) is 148 Å². The minimum atomic E-state index is -0.770. The average molecular weight is 434 g/mol. The van der Waals surface area contributed by atoms with E-state index >= 15 is 0 Å². The molecule has 0 aromatic carbocycles. The van der Waals surface area contributed by atoms with E-state index in [1.54, 1.807) is 13.0 Å². The van der Waals surface area contributed by atoms with Crippen LogP contribution in [0.1, 0.15) is 50.6 Å². The van der Waals surface area contributed by atoms with Gasteiger partial charge >= 0.3 is 6.03 Å². The largest absolute Gasteiger partial charge is 0.330 e. The molecule has 0 spiro atoms. The molecule has 2 fully saturated rings. The number of aromatic amines is 1. The van der Waals surface area contributed by atoms with E-state index in [9.17, 15) is 24.4 Å². The Morgan fingerprint density at radius 1 is 1.32 bits per heavy atom. The number of carbonyl (C=O) groups excluding carboxylic acids is 4. The molecular weight excluding hydrogens is 404 g/mol. The summed E-state index contributed by atoms with van der Waals surface area (Å²) in [6, 6.07) is 0.130. The zero-order chi connectivity index (χ0) is 22.4. The molecule has 0 radical (unpaired) electrons. The summed E-state index contributed by atoms with van der Waals surface area (Å²) in [4.78, 5) is 50.5. The van der Waals surface area contributed by atoms with E-state index in [1.165, 1.54) is 4.90 Å². The number of amides is 5. The SMILES string of the molecule is Cc1cc(NC(=O)NC(=O)[C@@H]2CCCN2C(=O)[C@H](CC2CCCC2)CN(O)C=O)n[nH]1. The van der Waals surface area contributed by atoms with Crippen LogP contribution in [0.2, 0.25) is 0 Å². The summed E-state index contributed by atoms with van der Waals surface area (Å²) in [6.45, 7) is 2.07. The van der Waals surface area contributed by atoms with Crippen molar-refractivity contribution < 1.29 is 24.4 Å². The molecule has 1 aliphatic heterocycles. The van der Waals surface area contributed by atoms with Gasteiger partial charge in [-0.15, -0.1) is 0 Å². The number of H-pyrrole nitrogens is 1. The predicted octanol–water partition coefficient (Wildman–Crippen LogP) is 1.40. The first-order valence-corrected chi connectivity index (χ1v) is 10.7. The highest BCUT2D eigenvalue weighted by atomic mass is 16.5. The Morgan fingerprint density at radius 3 is 2.71 bits per heavy atom. The van der Waals surface area contributed by atoms with Crippen LogP contribution in [0.25, 0.3) is 0 Å². The minimum absolute atomic E-state index is 0.108. The number of imide groups is 1. The van der Waals surface area contributed by atoms with Gasteiger partial charge in [-0.25, -0.2) is 9.86 Å². The molecular formula is C20H30N6O5. The lowest BCUT2D eigenvalue weighted by Crippen LogP contribution is -2.51. The second-order valence-electron chi connectivity index (χ2n) is 8.38. The van der Waals surface area contributed by atoms with Gasteiger partial charge in [0.15, 0.2) is 5.82 Å². The minimum Gasteiger partial charge on any atom is -0.330 e. The highest BCUT2D eigenvalue weighted by molar-refractivity contribution is 6.03. The number of hydroxylamine groups is 2. The Labute approximate surface area is 180 Å². The van der Waals surface area contributed by atoms with Gasteiger partial charge in [0.1, 0.15) is 6.04 Å². The number of aryl methyl sites for hydroxylation is 1. The lowest BCUT2D eigenvalue weighted by atomic mass is 9.91. The van der Waals surface area contributed by atoms with Gasteiger partial charge in [0, 0.05) is 18.3 Å². The number of carbonyl (C=O) groups is 4. The molecule has 0 unspecified atom stereocenters. The van der Waals surface area contributed by atoms with Crippen molar-refractivity contribution in [3.8, 4) is 0 Å². The smallest absolute Gasteiger partial charge is 0.327 e. The number of hydrogen-bond acceptors (Lipinski definition) is 6. The van der Waals surface area contributed by atoms with Crippen LogP contribution in [0.5, 0.6) is 0 Å². The molecule has 4 N–H and O–H groups in total. The normalized spacial score (nSPS) is 19.8. The van der Waals surface area contributed by atoms with Crippen molar-refractivity contribution in [2.24, 2.45) is 11.8 Å². The van der Waals surface area contributed by atoms with Gasteiger partial charge in [0.05, 0.1) is 12.5 Å². The fraction of sp³-hybridized carbons (Fsp3) is 0.650. The monoisotopic (exact) mass is 434 g/mol. The van der Waals surface area contributed by atoms with Crippen molar-refractivity contribution in [3.63, 3.8) is 0 Å². The van der Waals surface area contributed by atoms with E-state index < -0.39 is 23.9 Å². The van der Waals surface area contributed by atoms with Crippen molar-refractivity contribution in [2.75, 3.05) is 18.4 Å². The molecule has 11 nitrogen and oxygen atoms in total. The first-order chi connectivity index (χ1) is 14.9. The van der Waals surface area contributed by atoms with Crippen LogP contribution in [0.4, 0.5) is 10.6 Å². The summed E-state index contributed by atoms with van der Waals surface area (Å²) in [7, 11) is 0. The second-order valence-corrected chi connectivity index (χ2v) is 8.38. The van der Waals surface area contributed by atoms with Crippen molar-refractivity contribution in [2.45, 2.75) is 57.9 Å². The molecule has 2 aliphatic rings. The Hall–Kier alpha value is -2.95. The summed E-state index contributed by atoms with van der Waals surface area (Å²) < 4.78 is 0. The van der Waals surface area contributed by atoms with E-state index in [-0.39, 0.29) is 24.7 Å². The predicted molar refractivity (Wildman–Crippen MR) is 110 cm³/mol. The first kappa shape index (κ1) is 22.7. The fourth-order valence-electron chi connectivity index (χ4n) is 4.53. The lowest BCUT2D eigenvalue weighted by molar-refractivity contribution is -0.158. The molecule has 170 valence electrons. The summed E-state index contributed by atoms with van der Waals surface area (Å²) in [6.07, 6.45) is 6.19. The highest BCUT2D eigenvalue weighted by Gasteiger charge is 2.39. The second kappa shape index (κ2) is 10.4. The lowest BCUT2D eigenvalue weighted by Gasteiger charge is -2.30. The van der Waals surface area contributed by atoms with E-state index in [0.717, 1.165) is 31.4 Å². The molecule has 1 saturated carbocycles. The van der Waals surface area contributed by atoms with Crippen LogP contribution in [0.15, 0.2) is 6.07 Å². The van der Waals surface area contributed by atoms with Gasteiger partial charge in [0.25, 0.3) is 5.91 Å². The van der Waals surface area contributed by atoms with Crippen LogP contribution < -0.4 is 10.6 Å². The van der Waals surface area contributed by atoms with Crippen molar-refractivity contribution in [3.05, 3.63) is 11.8 Å². The van der Waals surface area contributed by atoms with E-state index in [4.69, 9.17) is 0 Å². The van der Waals surface area contributed by atoms with Gasteiger partial charge in [0.2, 0.25) is 12.3 Å². The van der Waals surface area contributed by atoms with E-state index in [1.807, 2.05) is 0 Å². The number of urea groups is 1. The van der Waals surface area contributed by atoms with E-state index in [0.29, 0.717) is 36.8 Å². The zero-order valence-electron chi connectivity index (χ0n) is 17.7. The molecule has 1 aliphatic carbocycles. The Morgan fingerprint density at radius 2 is 2.06 bits per heavy atom. The fourth-order valence-corrected chi connectivity index (χ4v) is 4.53. The number of rotatable bonds is 8. The maximum absolute atomic E-state index is 13.3. The third-order valence-electron chi connectivity index (χ3n) is 5.99. The standard InChI is InChI=1S/C20H30N6O5/c1-13-9-17(24-23-13)21-20(30)22-18(28)16-7-4-8-26(16)19(29)15(11-25(31)12-27)10-14-5-2-3-6-14/h9,12,14-16,31H,2-8,10-11H2,1H3,(H3,21,22,23,24,28,30)/t15-,16+/m1/s1. The Kier molecular flexibility index (Phi) is 7.61. The van der Waals surface area contributed by atoms with E-state index in [2.05, 4.69) is 20.8 Å². The third-order valence-corrected chi connectivity index (χ3v) is 5.99. The van der Waals surface area contributed by atoms with Crippen LogP contribution in [0, 0.1) is 18.8 Å². The molecule has 1 aromatic rings. The summed E-state index contributed by atoms with van der Waals surface area (Å²) in [5, 5.41) is 21.5. The first-order valence-electron chi connectivity index (χ1n) is 10.7. The third kappa shape index (κ3) is 6.03. The van der Waals surface area contributed by atoms with Crippen LogP contribution >= 0.6 is 0 Å². The number of nitrogens with zero attached hydrogens (tertiary/aromatic N) is 3.